The van der Waals surface area contributed by atoms with Crippen molar-refractivity contribution >= 4 is 23.2 Å². The summed E-state index contributed by atoms with van der Waals surface area (Å²) in [7, 11) is 0. The van der Waals surface area contributed by atoms with Gasteiger partial charge in [-0.3, -0.25) is 24.6 Å². The predicted molar refractivity (Wildman–Crippen MR) is 150 cm³/mol. The highest BCUT2D eigenvalue weighted by Gasteiger charge is 2.29. The number of non-ortho nitro benzene ring substituents is 1. The molecule has 4 aromatic carbocycles. The van der Waals surface area contributed by atoms with Crippen molar-refractivity contribution in [2.24, 2.45) is 0 Å². The van der Waals surface area contributed by atoms with Crippen LogP contribution in [0.4, 0.5) is 11.4 Å². The summed E-state index contributed by atoms with van der Waals surface area (Å²) in [6.45, 7) is 2.48. The quantitative estimate of drug-likeness (QED) is 0.260. The van der Waals surface area contributed by atoms with Crippen molar-refractivity contribution in [3.05, 3.63) is 142 Å². The fourth-order valence-electron chi connectivity index (χ4n) is 4.97. The largest absolute Gasteiger partial charge is 0.336 e. The molecule has 0 spiro atoms. The summed E-state index contributed by atoms with van der Waals surface area (Å²) >= 11 is 0. The van der Waals surface area contributed by atoms with Crippen LogP contribution < -0.4 is 5.32 Å². The number of carbonyl (C=O) groups excluding carboxylic acids is 2. The van der Waals surface area contributed by atoms with E-state index in [-0.39, 0.29) is 23.2 Å². The molecule has 1 aliphatic heterocycles. The van der Waals surface area contributed by atoms with Crippen LogP contribution >= 0.6 is 0 Å². The first-order chi connectivity index (χ1) is 19.0. The second-order valence-electron chi connectivity index (χ2n) is 9.36. The Bertz CT molecular complexity index is 1430. The van der Waals surface area contributed by atoms with E-state index in [9.17, 15) is 19.7 Å². The number of carbonyl (C=O) groups is 2. The minimum Gasteiger partial charge on any atom is -0.336 e. The number of amides is 2. The van der Waals surface area contributed by atoms with Crippen LogP contribution in [0.5, 0.6) is 0 Å². The molecule has 1 saturated heterocycles. The van der Waals surface area contributed by atoms with Gasteiger partial charge in [0.2, 0.25) is 0 Å². The van der Waals surface area contributed by atoms with Crippen LogP contribution in [0.25, 0.3) is 0 Å². The van der Waals surface area contributed by atoms with E-state index >= 15 is 0 Å². The van der Waals surface area contributed by atoms with Crippen LogP contribution in [0.1, 0.15) is 37.9 Å². The molecule has 196 valence electrons. The molecule has 8 heteroatoms. The van der Waals surface area contributed by atoms with E-state index in [1.165, 1.54) is 35.4 Å². The Labute approximate surface area is 226 Å². The first kappa shape index (κ1) is 25.8. The normalized spacial score (nSPS) is 13.7. The van der Waals surface area contributed by atoms with E-state index in [1.54, 1.807) is 24.3 Å². The van der Waals surface area contributed by atoms with Crippen LogP contribution in [-0.4, -0.2) is 52.7 Å². The summed E-state index contributed by atoms with van der Waals surface area (Å²) in [5, 5.41) is 13.9. The third-order valence-corrected chi connectivity index (χ3v) is 6.92. The highest BCUT2D eigenvalue weighted by Crippen LogP contribution is 2.30. The van der Waals surface area contributed by atoms with E-state index < -0.39 is 10.8 Å². The highest BCUT2D eigenvalue weighted by molar-refractivity contribution is 6.09. The van der Waals surface area contributed by atoms with Crippen LogP contribution in [0.15, 0.2) is 109 Å². The van der Waals surface area contributed by atoms with Gasteiger partial charge in [0.05, 0.1) is 22.2 Å². The van der Waals surface area contributed by atoms with Crippen molar-refractivity contribution in [1.29, 1.82) is 0 Å². The number of para-hydroxylation sites is 1. The van der Waals surface area contributed by atoms with E-state index in [1.807, 2.05) is 41.3 Å². The van der Waals surface area contributed by atoms with Crippen molar-refractivity contribution in [3.8, 4) is 0 Å². The monoisotopic (exact) mass is 520 g/mol. The van der Waals surface area contributed by atoms with E-state index in [0.29, 0.717) is 37.4 Å². The fraction of sp³-hybridized carbons (Fsp3) is 0.161. The molecule has 0 aliphatic carbocycles. The van der Waals surface area contributed by atoms with E-state index in [4.69, 9.17) is 0 Å². The number of nitrogens with zero attached hydrogens (tertiary/aromatic N) is 3. The van der Waals surface area contributed by atoms with Crippen molar-refractivity contribution in [2.75, 3.05) is 31.5 Å². The zero-order valence-corrected chi connectivity index (χ0v) is 21.3. The number of benzene rings is 4. The molecule has 1 heterocycles. The number of piperazine rings is 1. The van der Waals surface area contributed by atoms with E-state index in [0.717, 1.165) is 0 Å². The maximum Gasteiger partial charge on any atom is 0.270 e. The van der Waals surface area contributed by atoms with Crippen molar-refractivity contribution in [1.82, 2.24) is 9.80 Å². The van der Waals surface area contributed by atoms with Crippen molar-refractivity contribution < 1.29 is 14.5 Å². The molecule has 0 saturated carbocycles. The molecule has 1 N–H and O–H groups in total. The molecular formula is C31H28N4O4. The number of rotatable bonds is 7. The minimum atomic E-state index is -0.548. The Morgan fingerprint density at radius 1 is 0.744 bits per heavy atom. The fourth-order valence-corrected chi connectivity index (χ4v) is 4.97. The minimum absolute atomic E-state index is 0.0890. The summed E-state index contributed by atoms with van der Waals surface area (Å²) in [6, 6.07) is 33.2. The third kappa shape index (κ3) is 5.86. The first-order valence-electron chi connectivity index (χ1n) is 12.8. The van der Waals surface area contributed by atoms with Crippen LogP contribution in [-0.2, 0) is 0 Å². The Balaban J connectivity index is 1.30. The standard InChI is InChI=1S/C31H28N4O4/c36-30(25-14-9-15-26(22-25)35(38)39)32-28-17-8-7-16-27(28)31(37)34-20-18-33(19-21-34)29(23-10-3-1-4-11-23)24-12-5-2-6-13-24/h1-17,22,29H,18-21H2,(H,32,36). The van der Waals surface area contributed by atoms with Crippen LogP contribution in [0.3, 0.4) is 0 Å². The lowest BCUT2D eigenvalue weighted by Gasteiger charge is -2.40. The molecule has 1 fully saturated rings. The zero-order valence-electron chi connectivity index (χ0n) is 21.3. The van der Waals surface area contributed by atoms with Crippen LogP contribution in [0, 0.1) is 10.1 Å². The summed E-state index contributed by atoms with van der Waals surface area (Å²) in [5.74, 6) is -0.683. The van der Waals surface area contributed by atoms with Gasteiger partial charge in [-0.05, 0) is 29.3 Å². The second kappa shape index (κ2) is 11.7. The summed E-state index contributed by atoms with van der Waals surface area (Å²) in [6.07, 6.45) is 0. The predicted octanol–water partition coefficient (Wildman–Crippen LogP) is 5.39. The van der Waals surface area contributed by atoms with Gasteiger partial charge in [0.25, 0.3) is 17.5 Å². The maximum absolute atomic E-state index is 13.6. The third-order valence-electron chi connectivity index (χ3n) is 6.92. The number of nitrogens with one attached hydrogen (secondary N) is 1. The van der Waals surface area contributed by atoms with Crippen LogP contribution in [0.2, 0.25) is 0 Å². The van der Waals surface area contributed by atoms with Gasteiger partial charge in [-0.1, -0.05) is 78.9 Å². The molecule has 0 aromatic heterocycles. The van der Waals surface area contributed by atoms with Crippen molar-refractivity contribution in [3.63, 3.8) is 0 Å². The number of hydrogen-bond acceptors (Lipinski definition) is 5. The van der Waals surface area contributed by atoms with Gasteiger partial charge in [-0.2, -0.15) is 0 Å². The van der Waals surface area contributed by atoms with Crippen molar-refractivity contribution in [2.45, 2.75) is 6.04 Å². The molecule has 39 heavy (non-hydrogen) atoms. The summed E-state index contributed by atoms with van der Waals surface area (Å²) in [4.78, 5) is 41.2. The highest BCUT2D eigenvalue weighted by atomic mass is 16.6. The molecule has 1 aliphatic rings. The Morgan fingerprint density at radius 2 is 1.33 bits per heavy atom. The molecular weight excluding hydrogens is 492 g/mol. The molecule has 0 unspecified atom stereocenters. The molecule has 2 amide bonds. The Hall–Kier alpha value is -4.82. The topological polar surface area (TPSA) is 95.8 Å². The Kier molecular flexibility index (Phi) is 7.75. The molecule has 0 radical (unpaired) electrons. The van der Waals surface area contributed by atoms with Gasteiger partial charge in [0.15, 0.2) is 0 Å². The molecule has 8 nitrogen and oxygen atoms in total. The van der Waals surface area contributed by atoms with Gasteiger partial charge in [-0.25, -0.2) is 0 Å². The lowest BCUT2D eigenvalue weighted by molar-refractivity contribution is -0.384. The van der Waals surface area contributed by atoms with Gasteiger partial charge in [0.1, 0.15) is 0 Å². The smallest absolute Gasteiger partial charge is 0.270 e. The number of nitro groups is 1. The van der Waals surface area contributed by atoms with Gasteiger partial charge >= 0.3 is 0 Å². The zero-order chi connectivity index (χ0) is 27.2. The summed E-state index contributed by atoms with van der Waals surface area (Å²) in [5.41, 5.74) is 3.14. The second-order valence-corrected chi connectivity index (χ2v) is 9.36. The SMILES string of the molecule is O=C(Nc1ccccc1C(=O)N1CCN(C(c2ccccc2)c2ccccc2)CC1)c1cccc([N+](=O)[O-])c1. The first-order valence-corrected chi connectivity index (χ1v) is 12.8. The van der Waals surface area contributed by atoms with Gasteiger partial charge in [0, 0.05) is 43.9 Å². The van der Waals surface area contributed by atoms with Gasteiger partial charge in [-0.15, -0.1) is 0 Å². The average molecular weight is 521 g/mol. The van der Waals surface area contributed by atoms with E-state index in [2.05, 4.69) is 34.5 Å². The number of anilines is 1. The molecule has 0 atom stereocenters. The van der Waals surface area contributed by atoms with Gasteiger partial charge < -0.3 is 10.2 Å². The number of hydrogen-bond donors (Lipinski definition) is 1. The Morgan fingerprint density at radius 3 is 1.95 bits per heavy atom. The number of nitro benzene ring substituents is 1. The maximum atomic E-state index is 13.6. The average Bonchev–Trinajstić information content (AvgIpc) is 2.99. The molecule has 4 aromatic rings. The summed E-state index contributed by atoms with van der Waals surface area (Å²) < 4.78 is 0. The molecule has 0 bridgehead atoms. The lowest BCUT2D eigenvalue weighted by atomic mass is 9.96. The lowest BCUT2D eigenvalue weighted by Crippen LogP contribution is -2.50. The molecule has 5 rings (SSSR count).